The Balaban J connectivity index is 1.60. The normalized spacial score (nSPS) is 21.0. The Hall–Kier alpha value is -2.74. The largest absolute Gasteiger partial charge is 0.489 e. The number of hydrogen-bond acceptors (Lipinski definition) is 2. The number of hydrogen-bond donors (Lipinski definition) is 0. The van der Waals surface area contributed by atoms with Gasteiger partial charge in [-0.15, -0.1) is 0 Å². The molecule has 4 aliphatic rings. The van der Waals surface area contributed by atoms with E-state index in [1.54, 1.807) is 0 Å². The zero-order valence-electron chi connectivity index (χ0n) is 18.9. The van der Waals surface area contributed by atoms with Crippen LogP contribution in [0.2, 0.25) is 0 Å². The van der Waals surface area contributed by atoms with Crippen LogP contribution in [0.25, 0.3) is 0 Å². The third-order valence-electron chi connectivity index (χ3n) is 7.79. The summed E-state index contributed by atoms with van der Waals surface area (Å²) in [6.07, 6.45) is 2.24. The van der Waals surface area contributed by atoms with E-state index in [9.17, 15) is 0 Å². The van der Waals surface area contributed by atoms with Gasteiger partial charge in [0, 0.05) is 5.41 Å². The van der Waals surface area contributed by atoms with Crippen LogP contribution in [0.4, 0.5) is 0 Å². The number of fused-ring (bicyclic) bond motifs is 4. The van der Waals surface area contributed by atoms with Gasteiger partial charge in [0.2, 0.25) is 0 Å². The van der Waals surface area contributed by atoms with Gasteiger partial charge in [-0.2, -0.15) is 0 Å². The van der Waals surface area contributed by atoms with Gasteiger partial charge < -0.3 is 9.47 Å². The van der Waals surface area contributed by atoms with Crippen LogP contribution in [0.5, 0.6) is 11.5 Å². The molecule has 2 heteroatoms. The molecule has 0 saturated carbocycles. The molecule has 31 heavy (non-hydrogen) atoms. The molecule has 0 aromatic heterocycles. The van der Waals surface area contributed by atoms with Crippen LogP contribution in [0.3, 0.4) is 0 Å². The minimum Gasteiger partial charge on any atom is -0.489 e. The van der Waals surface area contributed by atoms with E-state index in [1.807, 2.05) is 0 Å². The second-order valence-corrected chi connectivity index (χ2v) is 11.0. The first-order valence-electron chi connectivity index (χ1n) is 11.4. The van der Waals surface area contributed by atoms with Gasteiger partial charge in [0.05, 0.1) is 0 Å². The Kier molecular flexibility index (Phi) is 3.77. The number of ether oxygens (including phenoxy) is 2. The van der Waals surface area contributed by atoms with Crippen molar-refractivity contribution < 1.29 is 9.47 Å². The van der Waals surface area contributed by atoms with Crippen molar-refractivity contribution >= 4 is 0 Å². The van der Waals surface area contributed by atoms with Crippen LogP contribution in [0.1, 0.15) is 73.9 Å². The monoisotopic (exact) mass is 410 g/mol. The highest BCUT2D eigenvalue weighted by Gasteiger charge is 2.56. The van der Waals surface area contributed by atoms with Gasteiger partial charge in [0.15, 0.2) is 0 Å². The minimum atomic E-state index is 0.00630. The molecule has 1 spiro atoms. The van der Waals surface area contributed by atoms with E-state index in [1.165, 1.54) is 33.4 Å². The molecule has 2 aliphatic heterocycles. The lowest BCUT2D eigenvalue weighted by molar-refractivity contribution is 0.302. The van der Waals surface area contributed by atoms with Gasteiger partial charge in [0.25, 0.3) is 0 Å². The summed E-state index contributed by atoms with van der Waals surface area (Å²) >= 11 is 0. The first-order valence-corrected chi connectivity index (χ1v) is 11.4. The van der Waals surface area contributed by atoms with Gasteiger partial charge in [-0.25, -0.2) is 0 Å². The van der Waals surface area contributed by atoms with Crippen LogP contribution in [0.15, 0.2) is 60.7 Å². The van der Waals surface area contributed by atoms with Crippen molar-refractivity contribution in [1.29, 1.82) is 0 Å². The molecule has 3 aromatic rings. The standard InChI is InChI=1S/C29H30O2/c1-27(2)17-29-18-28(3,4)24-12-10-22(14-26(24)29)31-16-20-7-5-19(6-8-20)15-30-21-9-11-23(27)25(29)13-21/h5-14H,15-18H2,1-4H3. The van der Waals surface area contributed by atoms with E-state index < -0.39 is 0 Å². The lowest BCUT2D eigenvalue weighted by Gasteiger charge is -2.30. The van der Waals surface area contributed by atoms with Crippen molar-refractivity contribution in [3.63, 3.8) is 0 Å². The van der Waals surface area contributed by atoms with Gasteiger partial charge in [-0.3, -0.25) is 0 Å². The first kappa shape index (κ1) is 19.0. The van der Waals surface area contributed by atoms with E-state index >= 15 is 0 Å². The second kappa shape index (κ2) is 6.16. The SMILES string of the molecule is CC1(C)CC23CC(C)(C)c4ccc(cc42)OCc2ccc(cc2)COc2ccc1c3c2. The molecule has 7 rings (SSSR count). The molecule has 0 saturated heterocycles. The molecular formula is C29H30O2. The average molecular weight is 411 g/mol. The van der Waals surface area contributed by atoms with Crippen LogP contribution in [-0.4, -0.2) is 0 Å². The predicted molar refractivity (Wildman–Crippen MR) is 124 cm³/mol. The molecule has 158 valence electrons. The minimum absolute atomic E-state index is 0.00630. The number of rotatable bonds is 0. The van der Waals surface area contributed by atoms with E-state index in [0.717, 1.165) is 24.3 Å². The molecule has 3 aromatic carbocycles. The molecule has 0 amide bonds. The van der Waals surface area contributed by atoms with Crippen LogP contribution in [-0.2, 0) is 29.5 Å². The fraction of sp³-hybridized carbons (Fsp3) is 0.379. The zero-order chi connectivity index (χ0) is 21.4. The highest BCUT2D eigenvalue weighted by atomic mass is 16.5. The van der Waals surface area contributed by atoms with E-state index in [4.69, 9.17) is 9.47 Å². The third kappa shape index (κ3) is 2.77. The smallest absolute Gasteiger partial charge is 0.120 e. The Morgan fingerprint density at radius 2 is 0.968 bits per heavy atom. The van der Waals surface area contributed by atoms with Crippen molar-refractivity contribution in [2.45, 2.75) is 70.0 Å². The molecule has 0 N–H and O–H groups in total. The van der Waals surface area contributed by atoms with Gasteiger partial charge in [-0.05, 0) is 81.3 Å². The zero-order valence-corrected chi connectivity index (χ0v) is 18.9. The molecule has 0 radical (unpaired) electrons. The van der Waals surface area contributed by atoms with Gasteiger partial charge in [0.1, 0.15) is 24.7 Å². The van der Waals surface area contributed by atoms with Crippen LogP contribution in [0, 0.1) is 0 Å². The van der Waals surface area contributed by atoms with E-state index in [0.29, 0.717) is 13.2 Å². The molecule has 0 unspecified atom stereocenters. The summed E-state index contributed by atoms with van der Waals surface area (Å²) in [5.41, 5.74) is 8.44. The maximum atomic E-state index is 6.28. The fourth-order valence-corrected chi connectivity index (χ4v) is 6.55. The summed E-state index contributed by atoms with van der Waals surface area (Å²) in [5.74, 6) is 1.93. The first-order chi connectivity index (χ1) is 14.8. The summed E-state index contributed by atoms with van der Waals surface area (Å²) in [4.78, 5) is 0. The van der Waals surface area contributed by atoms with Crippen LogP contribution >= 0.6 is 0 Å². The van der Waals surface area contributed by atoms with Crippen molar-refractivity contribution in [3.05, 3.63) is 94.0 Å². The summed E-state index contributed by atoms with van der Waals surface area (Å²) < 4.78 is 12.6. The molecule has 2 nitrogen and oxygen atoms in total. The maximum absolute atomic E-state index is 6.28. The molecule has 6 bridgehead atoms. The highest BCUT2D eigenvalue weighted by molar-refractivity contribution is 5.61. The van der Waals surface area contributed by atoms with E-state index in [2.05, 4.69) is 88.4 Å². The summed E-state index contributed by atoms with van der Waals surface area (Å²) in [6, 6.07) is 22.2. The molecule has 0 atom stereocenters. The predicted octanol–water partition coefficient (Wildman–Crippen LogP) is 6.81. The molecule has 0 fully saturated rings. The summed E-state index contributed by atoms with van der Waals surface area (Å²) in [7, 11) is 0. The van der Waals surface area contributed by atoms with E-state index in [-0.39, 0.29) is 16.2 Å². The maximum Gasteiger partial charge on any atom is 0.120 e. The third-order valence-corrected chi connectivity index (χ3v) is 7.79. The van der Waals surface area contributed by atoms with Crippen molar-refractivity contribution in [2.75, 3.05) is 0 Å². The number of benzene rings is 3. The average Bonchev–Trinajstić information content (AvgIpc) is 3.10. The van der Waals surface area contributed by atoms with Crippen LogP contribution < -0.4 is 9.47 Å². The Morgan fingerprint density at radius 1 is 0.548 bits per heavy atom. The van der Waals surface area contributed by atoms with Crippen molar-refractivity contribution in [3.8, 4) is 11.5 Å². The fourth-order valence-electron chi connectivity index (χ4n) is 6.55. The van der Waals surface area contributed by atoms with Gasteiger partial charge in [-0.1, -0.05) is 64.1 Å². The topological polar surface area (TPSA) is 18.5 Å². The van der Waals surface area contributed by atoms with Gasteiger partial charge >= 0.3 is 0 Å². The lowest BCUT2D eigenvalue weighted by atomic mass is 9.72. The quantitative estimate of drug-likeness (QED) is 0.405. The Bertz CT molecular complexity index is 1090. The molecule has 2 aliphatic carbocycles. The van der Waals surface area contributed by atoms with Crippen molar-refractivity contribution in [2.24, 2.45) is 0 Å². The Labute approximate surface area is 185 Å². The Morgan fingerprint density at radius 3 is 1.39 bits per heavy atom. The highest BCUT2D eigenvalue weighted by Crippen LogP contribution is 2.63. The summed E-state index contributed by atoms with van der Waals surface area (Å²) in [6.45, 7) is 10.7. The lowest BCUT2D eigenvalue weighted by Crippen LogP contribution is -2.27. The summed E-state index contributed by atoms with van der Waals surface area (Å²) in [5, 5.41) is 0. The second-order valence-electron chi connectivity index (χ2n) is 11.0. The molecule has 2 heterocycles. The molecular weight excluding hydrogens is 380 g/mol. The van der Waals surface area contributed by atoms with Crippen molar-refractivity contribution in [1.82, 2.24) is 0 Å².